The lowest BCUT2D eigenvalue weighted by Crippen LogP contribution is -2.42. The van der Waals surface area contributed by atoms with Crippen molar-refractivity contribution in [2.75, 3.05) is 23.1 Å². The van der Waals surface area contributed by atoms with Crippen LogP contribution in [0.25, 0.3) is 0 Å². The molecule has 3 aromatic rings. The number of anilines is 2. The molecule has 1 aliphatic heterocycles. The van der Waals surface area contributed by atoms with E-state index in [1.165, 1.54) is 23.1 Å². The van der Waals surface area contributed by atoms with Crippen LogP contribution in [0, 0.1) is 30.6 Å². The Bertz CT molecular complexity index is 1680. The average Bonchev–Trinajstić information content (AvgIpc) is 3.41. The molecule has 2 aromatic carbocycles. The number of ketones is 1. The van der Waals surface area contributed by atoms with Gasteiger partial charge >= 0.3 is 0 Å². The summed E-state index contributed by atoms with van der Waals surface area (Å²) < 4.78 is 6.00. The summed E-state index contributed by atoms with van der Waals surface area (Å²) in [6.45, 7) is 8.06. The number of Topliss-reactive ketones (excluding diaryl/α,β-unsaturated/α-hetero) is 1. The van der Waals surface area contributed by atoms with E-state index in [0.717, 1.165) is 28.1 Å². The molecule has 3 N–H and O–H groups in total. The van der Waals surface area contributed by atoms with Crippen LogP contribution in [0.3, 0.4) is 0 Å². The van der Waals surface area contributed by atoms with Crippen molar-refractivity contribution in [3.05, 3.63) is 81.8 Å². The summed E-state index contributed by atoms with van der Waals surface area (Å²) in [5.41, 5.74) is 11.6. The third kappa shape index (κ3) is 5.65. The Morgan fingerprint density at radius 2 is 2.00 bits per heavy atom. The molecule has 0 saturated carbocycles. The monoisotopic (exact) mass is 600 g/mol. The lowest BCUT2D eigenvalue weighted by molar-refractivity contribution is -0.118. The van der Waals surface area contributed by atoms with Gasteiger partial charge in [0.15, 0.2) is 10.1 Å². The molecule has 0 fully saturated rings. The number of allylic oxidation sites excluding steroid dienone is 3. The summed E-state index contributed by atoms with van der Waals surface area (Å²) in [5.74, 6) is 0.199. The summed E-state index contributed by atoms with van der Waals surface area (Å²) in [7, 11) is 1.58. The third-order valence-corrected chi connectivity index (χ3v) is 9.64. The van der Waals surface area contributed by atoms with Gasteiger partial charge in [-0.1, -0.05) is 61.2 Å². The molecule has 1 aromatic heterocycles. The minimum atomic E-state index is -0.615. The first-order chi connectivity index (χ1) is 20.0. The van der Waals surface area contributed by atoms with Crippen molar-refractivity contribution in [1.82, 2.24) is 10.2 Å². The first-order valence-electron chi connectivity index (χ1n) is 13.5. The van der Waals surface area contributed by atoms with Crippen molar-refractivity contribution < 1.29 is 14.3 Å². The fourth-order valence-corrected chi connectivity index (χ4v) is 7.11. The number of hydrogen-bond acceptors (Lipinski definition) is 10. The number of nitrogens with zero attached hydrogens (tertiary/aromatic N) is 4. The highest BCUT2D eigenvalue weighted by Crippen LogP contribution is 2.51. The number of rotatable bonds is 7. The standard InChI is InChI=1S/C31H32N6O3S2/c1-17-8-6-11-22(18(17)2)34-25(39)16-41-30-36-35-29(42-30)37-23-13-31(3,4)14-24(38)27(23)26(21(15-32)28(37)33)19-9-7-10-20(12-19)40-5/h6-12,26H,13-14,16,33H2,1-5H3,(H,34,39). The lowest BCUT2D eigenvalue weighted by Gasteiger charge is -2.42. The Kier molecular flexibility index (Phi) is 8.12. The van der Waals surface area contributed by atoms with E-state index in [1.54, 1.807) is 12.0 Å². The number of carbonyl (C=O) groups is 2. The van der Waals surface area contributed by atoms with E-state index in [1.807, 2.05) is 70.2 Å². The fraction of sp³-hybridized carbons (Fsp3) is 0.323. The van der Waals surface area contributed by atoms with Gasteiger partial charge in [0.1, 0.15) is 11.6 Å². The van der Waals surface area contributed by atoms with Crippen LogP contribution in [0.4, 0.5) is 10.8 Å². The van der Waals surface area contributed by atoms with Crippen LogP contribution >= 0.6 is 23.1 Å². The Labute approximate surface area is 253 Å². The van der Waals surface area contributed by atoms with Crippen LogP contribution in [-0.2, 0) is 9.59 Å². The maximum atomic E-state index is 13.7. The van der Waals surface area contributed by atoms with Gasteiger partial charge in [-0.3, -0.25) is 14.5 Å². The Balaban J connectivity index is 1.47. The zero-order valence-electron chi connectivity index (χ0n) is 24.1. The number of benzene rings is 2. The molecular formula is C31H32N6O3S2. The number of aryl methyl sites for hydroxylation is 1. The zero-order chi connectivity index (χ0) is 30.2. The van der Waals surface area contributed by atoms with E-state index >= 15 is 0 Å². The zero-order valence-corrected chi connectivity index (χ0v) is 25.8. The van der Waals surface area contributed by atoms with Crippen molar-refractivity contribution in [2.24, 2.45) is 11.1 Å². The van der Waals surface area contributed by atoms with Crippen LogP contribution < -0.4 is 20.7 Å². The highest BCUT2D eigenvalue weighted by Gasteiger charge is 2.45. The average molecular weight is 601 g/mol. The number of nitrogens with two attached hydrogens (primary N) is 1. The number of amides is 1. The number of hydrogen-bond donors (Lipinski definition) is 2. The maximum Gasteiger partial charge on any atom is 0.234 e. The van der Waals surface area contributed by atoms with Crippen LogP contribution in [0.5, 0.6) is 5.75 Å². The number of methoxy groups -OCH3 is 1. The molecule has 216 valence electrons. The molecule has 0 bridgehead atoms. The molecule has 0 spiro atoms. The lowest BCUT2D eigenvalue weighted by atomic mass is 9.68. The number of aromatic nitrogens is 2. The summed E-state index contributed by atoms with van der Waals surface area (Å²) in [5, 5.41) is 22.4. The van der Waals surface area contributed by atoms with Crippen LogP contribution in [0.15, 0.2) is 69.5 Å². The molecule has 9 nitrogen and oxygen atoms in total. The topological polar surface area (TPSA) is 134 Å². The Morgan fingerprint density at radius 1 is 1.24 bits per heavy atom. The Hall–Kier alpha value is -4.14. The second kappa shape index (κ2) is 11.6. The summed E-state index contributed by atoms with van der Waals surface area (Å²) in [6.07, 6.45) is 0.916. The van der Waals surface area contributed by atoms with Gasteiger partial charge in [-0.05, 0) is 60.6 Å². The van der Waals surface area contributed by atoms with E-state index in [-0.39, 0.29) is 34.3 Å². The molecule has 5 rings (SSSR count). The smallest absolute Gasteiger partial charge is 0.234 e. The van der Waals surface area contributed by atoms with E-state index in [0.29, 0.717) is 33.6 Å². The minimum absolute atomic E-state index is 0.0263. The van der Waals surface area contributed by atoms with Gasteiger partial charge in [0.05, 0.1) is 30.4 Å². The number of carbonyl (C=O) groups excluding carboxylic acids is 2. The summed E-state index contributed by atoms with van der Waals surface area (Å²) >= 11 is 2.54. The number of nitrogens with one attached hydrogen (secondary N) is 1. The van der Waals surface area contributed by atoms with Crippen molar-refractivity contribution in [3.63, 3.8) is 0 Å². The molecule has 1 aliphatic carbocycles. The molecule has 1 atom stereocenters. The highest BCUT2D eigenvalue weighted by molar-refractivity contribution is 8.01. The molecule has 11 heteroatoms. The van der Waals surface area contributed by atoms with Gasteiger partial charge in [0, 0.05) is 23.4 Å². The molecule has 0 saturated heterocycles. The number of thioether (sulfide) groups is 1. The molecule has 1 amide bonds. The van der Waals surface area contributed by atoms with E-state index in [4.69, 9.17) is 10.5 Å². The van der Waals surface area contributed by atoms with Crippen molar-refractivity contribution in [2.45, 2.75) is 50.8 Å². The SMILES string of the molecule is COc1cccc(C2C(C#N)=C(N)N(c3nnc(SCC(=O)Nc4cccc(C)c4C)s3)C3=C2C(=O)CC(C)(C)C3)c1. The molecule has 2 heterocycles. The molecule has 1 unspecified atom stereocenters. The molecular weight excluding hydrogens is 569 g/mol. The fourth-order valence-electron chi connectivity index (χ4n) is 5.43. The molecule has 2 aliphatic rings. The predicted octanol–water partition coefficient (Wildman–Crippen LogP) is 5.84. The van der Waals surface area contributed by atoms with Gasteiger partial charge in [-0.15, -0.1) is 10.2 Å². The van der Waals surface area contributed by atoms with Gasteiger partial charge in [-0.25, -0.2) is 0 Å². The first-order valence-corrected chi connectivity index (χ1v) is 15.3. The van der Waals surface area contributed by atoms with Crippen molar-refractivity contribution in [1.29, 1.82) is 5.26 Å². The van der Waals surface area contributed by atoms with Crippen LogP contribution in [0.2, 0.25) is 0 Å². The van der Waals surface area contributed by atoms with E-state index in [9.17, 15) is 14.9 Å². The van der Waals surface area contributed by atoms with Gasteiger partial charge in [0.2, 0.25) is 11.0 Å². The number of nitriles is 1. The maximum absolute atomic E-state index is 13.7. The normalized spacial score (nSPS) is 18.0. The largest absolute Gasteiger partial charge is 0.497 e. The second-order valence-electron chi connectivity index (χ2n) is 11.2. The third-order valence-electron chi connectivity index (χ3n) is 7.60. The molecule has 0 radical (unpaired) electrons. The summed E-state index contributed by atoms with van der Waals surface area (Å²) in [6, 6.07) is 15.5. The highest BCUT2D eigenvalue weighted by atomic mass is 32.2. The Morgan fingerprint density at radius 3 is 2.74 bits per heavy atom. The number of ether oxygens (including phenoxy) is 1. The molecule has 42 heavy (non-hydrogen) atoms. The minimum Gasteiger partial charge on any atom is -0.497 e. The van der Waals surface area contributed by atoms with Crippen molar-refractivity contribution >= 4 is 45.6 Å². The first kappa shape index (κ1) is 29.4. The quantitative estimate of drug-likeness (QED) is 0.321. The summed E-state index contributed by atoms with van der Waals surface area (Å²) in [4.78, 5) is 28.1. The second-order valence-corrected chi connectivity index (χ2v) is 13.4. The van der Waals surface area contributed by atoms with Gasteiger partial charge < -0.3 is 15.8 Å². The predicted molar refractivity (Wildman–Crippen MR) is 165 cm³/mol. The van der Waals surface area contributed by atoms with E-state index < -0.39 is 5.92 Å². The van der Waals surface area contributed by atoms with E-state index in [2.05, 4.69) is 21.6 Å². The van der Waals surface area contributed by atoms with Gasteiger partial charge in [-0.2, -0.15) is 5.26 Å². The van der Waals surface area contributed by atoms with Crippen LogP contribution in [-0.4, -0.2) is 34.8 Å². The van der Waals surface area contributed by atoms with Crippen molar-refractivity contribution in [3.8, 4) is 11.8 Å². The van der Waals surface area contributed by atoms with Crippen LogP contribution in [0.1, 0.15) is 49.3 Å². The van der Waals surface area contributed by atoms with Gasteiger partial charge in [0.25, 0.3) is 0 Å².